The molecule has 3 heteroatoms. The molecule has 15 heavy (non-hydrogen) atoms. The first kappa shape index (κ1) is 14.8. The van der Waals surface area contributed by atoms with Crippen LogP contribution < -0.4 is 0 Å². The number of hydrogen-bond donors (Lipinski definition) is 0. The summed E-state index contributed by atoms with van der Waals surface area (Å²) >= 11 is 2.26. The molecule has 0 aromatic heterocycles. The fourth-order valence-corrected chi connectivity index (χ4v) is 1.52. The van der Waals surface area contributed by atoms with Crippen molar-refractivity contribution in [3.8, 4) is 11.8 Å². The van der Waals surface area contributed by atoms with E-state index in [-0.39, 0.29) is 5.97 Å². The number of hydrogen-bond acceptors (Lipinski definition) is 2. The van der Waals surface area contributed by atoms with E-state index in [4.69, 9.17) is 0 Å². The van der Waals surface area contributed by atoms with E-state index in [9.17, 15) is 4.79 Å². The summed E-state index contributed by atoms with van der Waals surface area (Å²) in [5.41, 5.74) is 0. The maximum atomic E-state index is 10.8. The number of unbranched alkanes of at least 4 members (excludes halogenated alkanes) is 5. The van der Waals surface area contributed by atoms with E-state index in [1.54, 1.807) is 0 Å². The van der Waals surface area contributed by atoms with Crippen LogP contribution in [-0.4, -0.2) is 17.5 Å². The zero-order chi connectivity index (χ0) is 11.4. The van der Waals surface area contributed by atoms with Crippen molar-refractivity contribution in [2.24, 2.45) is 0 Å². The molecule has 0 aliphatic heterocycles. The van der Waals surface area contributed by atoms with Crippen molar-refractivity contribution >= 4 is 28.6 Å². The lowest BCUT2D eigenvalue weighted by molar-refractivity contribution is -0.140. The van der Waals surface area contributed by atoms with Gasteiger partial charge in [-0.3, -0.25) is 4.79 Å². The molecule has 0 bridgehead atoms. The number of methoxy groups -OCH3 is 1. The fraction of sp³-hybridized carbons (Fsp3) is 0.750. The Kier molecular flexibility index (Phi) is 11.6. The summed E-state index contributed by atoms with van der Waals surface area (Å²) in [6, 6.07) is 0. The molecule has 2 nitrogen and oxygen atoms in total. The van der Waals surface area contributed by atoms with E-state index in [1.807, 2.05) is 0 Å². The topological polar surface area (TPSA) is 26.3 Å². The number of alkyl halides is 1. The Morgan fingerprint density at radius 3 is 2.47 bits per heavy atom. The van der Waals surface area contributed by atoms with Crippen LogP contribution >= 0.6 is 22.6 Å². The highest BCUT2D eigenvalue weighted by Gasteiger charge is 1.98. The van der Waals surface area contributed by atoms with Crippen LogP contribution in [0.3, 0.4) is 0 Å². The second kappa shape index (κ2) is 11.8. The van der Waals surface area contributed by atoms with Crippen LogP contribution in [0.15, 0.2) is 0 Å². The number of halogens is 1. The molecule has 0 rings (SSSR count). The van der Waals surface area contributed by atoms with Crippen molar-refractivity contribution in [2.45, 2.75) is 44.9 Å². The minimum absolute atomic E-state index is 0.0945. The maximum Gasteiger partial charge on any atom is 0.305 e. The summed E-state index contributed by atoms with van der Waals surface area (Å²) in [4.78, 5) is 10.8. The van der Waals surface area contributed by atoms with E-state index in [0.29, 0.717) is 6.42 Å². The van der Waals surface area contributed by atoms with Crippen molar-refractivity contribution in [1.29, 1.82) is 0 Å². The van der Waals surface area contributed by atoms with Crippen molar-refractivity contribution in [3.05, 3.63) is 0 Å². The molecule has 0 saturated carbocycles. The highest BCUT2D eigenvalue weighted by atomic mass is 127. The molecule has 0 aromatic carbocycles. The van der Waals surface area contributed by atoms with Gasteiger partial charge in [-0.25, -0.2) is 0 Å². The Morgan fingerprint density at radius 1 is 1.13 bits per heavy atom. The molecule has 0 aromatic rings. The van der Waals surface area contributed by atoms with Crippen LogP contribution in [0.4, 0.5) is 0 Å². The zero-order valence-corrected chi connectivity index (χ0v) is 11.5. The van der Waals surface area contributed by atoms with Gasteiger partial charge >= 0.3 is 5.97 Å². The summed E-state index contributed by atoms with van der Waals surface area (Å²) in [6.07, 6.45) is 7.24. The standard InChI is InChI=1S/C12H19IO2/c1-15-12(14)10-8-6-4-2-3-5-7-9-11-13/h2-6,8,10-11H2,1H3. The lowest BCUT2D eigenvalue weighted by Gasteiger charge is -1.99. The first-order valence-corrected chi connectivity index (χ1v) is 6.92. The van der Waals surface area contributed by atoms with Gasteiger partial charge in [0, 0.05) is 12.8 Å². The third kappa shape index (κ3) is 11.7. The zero-order valence-electron chi connectivity index (χ0n) is 9.35. The molecule has 0 heterocycles. The third-order valence-corrected chi connectivity index (χ3v) is 2.48. The summed E-state index contributed by atoms with van der Waals surface area (Å²) in [5.74, 6) is 6.08. The number of esters is 1. The molecule has 0 amide bonds. The normalized spacial score (nSPS) is 9.20. The van der Waals surface area contributed by atoms with E-state index in [2.05, 4.69) is 39.2 Å². The Morgan fingerprint density at radius 2 is 1.80 bits per heavy atom. The van der Waals surface area contributed by atoms with Crippen molar-refractivity contribution < 1.29 is 9.53 Å². The van der Waals surface area contributed by atoms with Gasteiger partial charge in [0.1, 0.15) is 0 Å². The van der Waals surface area contributed by atoms with Crippen molar-refractivity contribution in [1.82, 2.24) is 0 Å². The summed E-state index contributed by atoms with van der Waals surface area (Å²) in [5, 5.41) is 0. The smallest absolute Gasteiger partial charge is 0.305 e. The van der Waals surface area contributed by atoms with Crippen LogP contribution in [0.2, 0.25) is 0 Å². The molecule has 0 spiro atoms. The Labute approximate surface area is 106 Å². The van der Waals surface area contributed by atoms with Gasteiger partial charge in [-0.15, -0.1) is 5.92 Å². The molecule has 0 saturated heterocycles. The highest BCUT2D eigenvalue weighted by molar-refractivity contribution is 14.1. The van der Waals surface area contributed by atoms with E-state index in [1.165, 1.54) is 26.4 Å². The van der Waals surface area contributed by atoms with Gasteiger partial charge in [-0.1, -0.05) is 47.8 Å². The van der Waals surface area contributed by atoms with Crippen molar-refractivity contribution in [2.75, 3.05) is 11.5 Å². The Bertz CT molecular complexity index is 215. The SMILES string of the molecule is COC(=O)CCCCCCCC#CCI. The summed E-state index contributed by atoms with van der Waals surface area (Å²) in [6.45, 7) is 0. The van der Waals surface area contributed by atoms with Crippen LogP contribution in [0.25, 0.3) is 0 Å². The molecule has 0 unspecified atom stereocenters. The number of ether oxygens (including phenoxy) is 1. The molecule has 86 valence electrons. The third-order valence-electron chi connectivity index (χ3n) is 2.10. The lowest BCUT2D eigenvalue weighted by Crippen LogP contribution is -1.99. The second-order valence-corrected chi connectivity index (χ2v) is 4.09. The molecule has 0 fully saturated rings. The molecular formula is C12H19IO2. The molecule has 0 radical (unpaired) electrons. The van der Waals surface area contributed by atoms with Gasteiger partial charge in [0.25, 0.3) is 0 Å². The fourth-order valence-electron chi connectivity index (χ4n) is 1.25. The molecular weight excluding hydrogens is 303 g/mol. The Balaban J connectivity index is 3.08. The highest BCUT2D eigenvalue weighted by Crippen LogP contribution is 2.07. The van der Waals surface area contributed by atoms with Gasteiger partial charge in [0.2, 0.25) is 0 Å². The monoisotopic (exact) mass is 322 g/mol. The first-order chi connectivity index (χ1) is 7.31. The number of carbonyl (C=O) groups is 1. The van der Waals surface area contributed by atoms with Crippen molar-refractivity contribution in [3.63, 3.8) is 0 Å². The molecule has 0 atom stereocenters. The molecule has 0 aliphatic rings. The quantitative estimate of drug-likeness (QED) is 0.236. The van der Waals surface area contributed by atoms with Crippen LogP contribution in [-0.2, 0) is 9.53 Å². The van der Waals surface area contributed by atoms with Gasteiger partial charge in [0.15, 0.2) is 0 Å². The number of rotatable bonds is 7. The van der Waals surface area contributed by atoms with E-state index >= 15 is 0 Å². The molecule has 0 aliphatic carbocycles. The van der Waals surface area contributed by atoms with Gasteiger partial charge in [-0.05, 0) is 12.8 Å². The second-order valence-electron chi connectivity index (χ2n) is 3.33. The van der Waals surface area contributed by atoms with Crippen LogP contribution in [0.1, 0.15) is 44.9 Å². The van der Waals surface area contributed by atoms with Crippen LogP contribution in [0, 0.1) is 11.8 Å². The van der Waals surface area contributed by atoms with E-state index < -0.39 is 0 Å². The maximum absolute atomic E-state index is 10.8. The largest absolute Gasteiger partial charge is 0.469 e. The molecule has 0 N–H and O–H groups in total. The minimum Gasteiger partial charge on any atom is -0.469 e. The predicted molar refractivity (Wildman–Crippen MR) is 71.0 cm³/mol. The van der Waals surface area contributed by atoms with Gasteiger partial charge in [0.05, 0.1) is 11.5 Å². The minimum atomic E-state index is -0.0945. The average molecular weight is 322 g/mol. The Hall–Kier alpha value is -0.240. The average Bonchev–Trinajstić information content (AvgIpc) is 2.26. The van der Waals surface area contributed by atoms with E-state index in [0.717, 1.165) is 23.7 Å². The van der Waals surface area contributed by atoms with Gasteiger partial charge < -0.3 is 4.74 Å². The van der Waals surface area contributed by atoms with Crippen LogP contribution in [0.5, 0.6) is 0 Å². The first-order valence-electron chi connectivity index (χ1n) is 5.39. The summed E-state index contributed by atoms with van der Waals surface area (Å²) in [7, 11) is 1.44. The predicted octanol–water partition coefficient (Wildman–Crippen LogP) is 3.33. The van der Waals surface area contributed by atoms with Gasteiger partial charge in [-0.2, -0.15) is 0 Å². The number of carbonyl (C=O) groups excluding carboxylic acids is 1. The lowest BCUT2D eigenvalue weighted by atomic mass is 10.1. The summed E-state index contributed by atoms with van der Waals surface area (Å²) < 4.78 is 5.49.